The van der Waals surface area contributed by atoms with Crippen molar-refractivity contribution in [3.05, 3.63) is 29.8 Å². The number of rotatable bonds is 9. The normalized spacial score (nSPS) is 12.8. The van der Waals surface area contributed by atoms with E-state index in [9.17, 15) is 0 Å². The van der Waals surface area contributed by atoms with Gasteiger partial charge < -0.3 is 15.4 Å². The minimum Gasteiger partial charge on any atom is -0.496 e. The molecule has 0 spiro atoms. The summed E-state index contributed by atoms with van der Waals surface area (Å²) in [6.07, 6.45) is 5.04. The number of hydrogen-bond donors (Lipinski definition) is 2. The molecule has 0 aliphatic heterocycles. The van der Waals surface area contributed by atoms with E-state index in [0.717, 1.165) is 24.8 Å². The molecule has 0 saturated carbocycles. The lowest BCUT2D eigenvalue weighted by molar-refractivity contribution is 0.406. The zero-order valence-electron chi connectivity index (χ0n) is 14.5. The Morgan fingerprint density at radius 2 is 1.95 bits per heavy atom. The van der Waals surface area contributed by atoms with Crippen molar-refractivity contribution in [1.82, 2.24) is 10.6 Å². The summed E-state index contributed by atoms with van der Waals surface area (Å²) in [5.41, 5.74) is 1.22. The topological polar surface area (TPSA) is 45.7 Å². The highest BCUT2D eigenvalue weighted by atomic mass is 16.5. The molecule has 124 valence electrons. The van der Waals surface area contributed by atoms with E-state index in [0.29, 0.717) is 5.92 Å². The summed E-state index contributed by atoms with van der Waals surface area (Å²) in [5, 5.41) is 6.76. The maximum absolute atomic E-state index is 5.43. The third kappa shape index (κ3) is 6.37. The van der Waals surface area contributed by atoms with Crippen LogP contribution in [-0.2, 0) is 0 Å². The van der Waals surface area contributed by atoms with Crippen molar-refractivity contribution >= 4 is 5.96 Å². The third-order valence-corrected chi connectivity index (χ3v) is 3.79. The van der Waals surface area contributed by atoms with Gasteiger partial charge in [-0.15, -0.1) is 0 Å². The van der Waals surface area contributed by atoms with E-state index in [-0.39, 0.29) is 0 Å². The van der Waals surface area contributed by atoms with Gasteiger partial charge in [-0.1, -0.05) is 51.3 Å². The Hall–Kier alpha value is -1.71. The highest BCUT2D eigenvalue weighted by Gasteiger charge is 2.11. The van der Waals surface area contributed by atoms with Crippen LogP contribution in [0.1, 0.15) is 51.0 Å². The summed E-state index contributed by atoms with van der Waals surface area (Å²) in [6.45, 7) is 6.23. The molecule has 1 unspecified atom stereocenters. The summed E-state index contributed by atoms with van der Waals surface area (Å²) >= 11 is 0. The number of unbranched alkanes of at least 4 members (excludes halogenated alkanes) is 3. The Bertz CT molecular complexity index is 446. The maximum Gasteiger partial charge on any atom is 0.190 e. The summed E-state index contributed by atoms with van der Waals surface area (Å²) in [5.74, 6) is 2.17. The standard InChI is InChI=1S/C18H31N3O/c1-5-6-7-10-13-20-18(19-3)21-14-15(2)16-11-8-9-12-17(16)22-4/h8-9,11-12,15H,5-7,10,13-14H2,1-4H3,(H2,19,20,21). The number of benzene rings is 1. The van der Waals surface area contributed by atoms with Crippen LogP contribution in [0.2, 0.25) is 0 Å². The fourth-order valence-corrected chi connectivity index (χ4v) is 2.41. The zero-order valence-corrected chi connectivity index (χ0v) is 14.5. The number of guanidine groups is 1. The van der Waals surface area contributed by atoms with E-state index in [1.807, 2.05) is 19.2 Å². The summed E-state index contributed by atoms with van der Waals surface area (Å²) in [7, 11) is 3.53. The molecule has 0 aromatic heterocycles. The molecule has 0 aliphatic carbocycles. The van der Waals surface area contributed by atoms with Gasteiger partial charge in [0, 0.05) is 26.1 Å². The van der Waals surface area contributed by atoms with E-state index in [2.05, 4.69) is 41.6 Å². The first-order chi connectivity index (χ1) is 10.7. The fourth-order valence-electron chi connectivity index (χ4n) is 2.41. The van der Waals surface area contributed by atoms with Gasteiger partial charge in [-0.3, -0.25) is 4.99 Å². The van der Waals surface area contributed by atoms with E-state index in [1.165, 1.54) is 31.2 Å². The van der Waals surface area contributed by atoms with E-state index in [4.69, 9.17) is 4.74 Å². The number of nitrogens with zero attached hydrogens (tertiary/aromatic N) is 1. The Morgan fingerprint density at radius 1 is 1.18 bits per heavy atom. The minimum absolute atomic E-state index is 0.356. The van der Waals surface area contributed by atoms with Gasteiger partial charge in [0.1, 0.15) is 5.75 Å². The highest BCUT2D eigenvalue weighted by Crippen LogP contribution is 2.25. The second-order valence-corrected chi connectivity index (χ2v) is 5.58. The van der Waals surface area contributed by atoms with Crippen LogP contribution in [0.25, 0.3) is 0 Å². The molecule has 0 saturated heterocycles. The smallest absolute Gasteiger partial charge is 0.190 e. The number of methoxy groups -OCH3 is 1. The second kappa shape index (κ2) is 10.9. The molecule has 4 heteroatoms. The molecule has 0 radical (unpaired) electrons. The molecule has 0 heterocycles. The SMILES string of the molecule is CCCCCCNC(=NC)NCC(C)c1ccccc1OC. The van der Waals surface area contributed by atoms with Gasteiger partial charge in [0.25, 0.3) is 0 Å². The molecule has 0 amide bonds. The van der Waals surface area contributed by atoms with Crippen molar-refractivity contribution < 1.29 is 4.74 Å². The number of ether oxygens (including phenoxy) is 1. The van der Waals surface area contributed by atoms with Gasteiger partial charge in [0.05, 0.1) is 7.11 Å². The molecule has 1 aromatic rings. The van der Waals surface area contributed by atoms with Crippen LogP contribution in [-0.4, -0.2) is 33.2 Å². The van der Waals surface area contributed by atoms with Crippen molar-refractivity contribution in [2.24, 2.45) is 4.99 Å². The number of para-hydroxylation sites is 1. The van der Waals surface area contributed by atoms with E-state index < -0.39 is 0 Å². The Labute approximate surface area is 135 Å². The Balaban J connectivity index is 2.39. The van der Waals surface area contributed by atoms with Crippen molar-refractivity contribution in [3.8, 4) is 5.75 Å². The lowest BCUT2D eigenvalue weighted by atomic mass is 10.0. The molecule has 0 aliphatic rings. The average Bonchev–Trinajstić information content (AvgIpc) is 2.57. The Morgan fingerprint density at radius 3 is 2.64 bits per heavy atom. The second-order valence-electron chi connectivity index (χ2n) is 5.58. The molecule has 1 aromatic carbocycles. The molecule has 1 rings (SSSR count). The van der Waals surface area contributed by atoms with Crippen LogP contribution < -0.4 is 15.4 Å². The van der Waals surface area contributed by atoms with Crippen LogP contribution >= 0.6 is 0 Å². The maximum atomic E-state index is 5.43. The lowest BCUT2D eigenvalue weighted by Gasteiger charge is -2.18. The molecule has 0 bridgehead atoms. The number of nitrogens with one attached hydrogen (secondary N) is 2. The fraction of sp³-hybridized carbons (Fsp3) is 0.611. The molecular formula is C18H31N3O. The first-order valence-corrected chi connectivity index (χ1v) is 8.30. The quantitative estimate of drug-likeness (QED) is 0.417. The van der Waals surface area contributed by atoms with Crippen LogP contribution in [0.4, 0.5) is 0 Å². The Kier molecular flexibility index (Phi) is 9.12. The predicted octanol–water partition coefficient (Wildman–Crippen LogP) is 3.54. The summed E-state index contributed by atoms with van der Waals surface area (Å²) in [6, 6.07) is 8.17. The van der Waals surface area contributed by atoms with E-state index >= 15 is 0 Å². The number of hydrogen-bond acceptors (Lipinski definition) is 2. The van der Waals surface area contributed by atoms with Crippen LogP contribution in [0.3, 0.4) is 0 Å². The molecule has 0 fully saturated rings. The van der Waals surface area contributed by atoms with E-state index in [1.54, 1.807) is 7.11 Å². The van der Waals surface area contributed by atoms with Crippen LogP contribution in [0, 0.1) is 0 Å². The molecule has 4 nitrogen and oxygen atoms in total. The van der Waals surface area contributed by atoms with Gasteiger partial charge in [0.15, 0.2) is 5.96 Å². The van der Waals surface area contributed by atoms with Crippen molar-refractivity contribution in [2.75, 3.05) is 27.2 Å². The van der Waals surface area contributed by atoms with Crippen LogP contribution in [0.5, 0.6) is 5.75 Å². The lowest BCUT2D eigenvalue weighted by Crippen LogP contribution is -2.39. The minimum atomic E-state index is 0.356. The van der Waals surface area contributed by atoms with Gasteiger partial charge in [-0.25, -0.2) is 0 Å². The predicted molar refractivity (Wildman–Crippen MR) is 94.9 cm³/mol. The van der Waals surface area contributed by atoms with Crippen molar-refractivity contribution in [2.45, 2.75) is 45.4 Å². The first-order valence-electron chi connectivity index (χ1n) is 8.30. The summed E-state index contributed by atoms with van der Waals surface area (Å²) in [4.78, 5) is 4.28. The summed E-state index contributed by atoms with van der Waals surface area (Å²) < 4.78 is 5.43. The largest absolute Gasteiger partial charge is 0.496 e. The third-order valence-electron chi connectivity index (χ3n) is 3.79. The first kappa shape index (κ1) is 18.3. The molecule has 2 N–H and O–H groups in total. The van der Waals surface area contributed by atoms with Gasteiger partial charge >= 0.3 is 0 Å². The highest BCUT2D eigenvalue weighted by molar-refractivity contribution is 5.79. The monoisotopic (exact) mass is 305 g/mol. The number of aliphatic imine (C=N–C) groups is 1. The zero-order chi connectivity index (χ0) is 16.2. The van der Waals surface area contributed by atoms with Gasteiger partial charge in [-0.2, -0.15) is 0 Å². The molecular weight excluding hydrogens is 274 g/mol. The van der Waals surface area contributed by atoms with Gasteiger partial charge in [0.2, 0.25) is 0 Å². The van der Waals surface area contributed by atoms with Crippen molar-refractivity contribution in [1.29, 1.82) is 0 Å². The van der Waals surface area contributed by atoms with Gasteiger partial charge in [-0.05, 0) is 18.1 Å². The average molecular weight is 305 g/mol. The van der Waals surface area contributed by atoms with Crippen LogP contribution in [0.15, 0.2) is 29.3 Å². The molecule has 1 atom stereocenters. The molecule has 22 heavy (non-hydrogen) atoms. The van der Waals surface area contributed by atoms with Crippen molar-refractivity contribution in [3.63, 3.8) is 0 Å².